The van der Waals surface area contributed by atoms with Gasteiger partial charge in [0.05, 0.1) is 18.9 Å². The number of aromatic hydroxyl groups is 1. The first-order valence-electron chi connectivity index (χ1n) is 34.5. The van der Waals surface area contributed by atoms with Gasteiger partial charge in [-0.05, 0) is 112 Å². The lowest BCUT2D eigenvalue weighted by atomic mass is 10.0. The van der Waals surface area contributed by atoms with Crippen molar-refractivity contribution >= 4 is 118 Å². The molecule has 28 N–H and O–H groups in total. The summed E-state index contributed by atoms with van der Waals surface area (Å²) >= 11 is 4.28. The number of carbonyl (C=O) groups excluding carboxylic acids is 13. The van der Waals surface area contributed by atoms with Crippen LogP contribution in [0.3, 0.4) is 0 Å². The number of hydrogen-bond acceptors (Lipinski definition) is 20. The maximum Gasteiger partial charge on any atom is 0.326 e. The number of guanidine groups is 2. The number of carboxylic acid groups (broad SMARTS) is 1. The average Bonchev–Trinajstić information content (AvgIpc) is 1.63. The summed E-state index contributed by atoms with van der Waals surface area (Å²) in [5, 5.41) is 55.8. The summed E-state index contributed by atoms with van der Waals surface area (Å²) in [7, 11) is 0. The van der Waals surface area contributed by atoms with E-state index in [2.05, 4.69) is 80.8 Å². The van der Waals surface area contributed by atoms with Crippen molar-refractivity contribution in [3.63, 3.8) is 0 Å². The Morgan fingerprint density at radius 1 is 0.557 bits per heavy atom. The van der Waals surface area contributed by atoms with Gasteiger partial charge in [0, 0.05) is 49.6 Å². The molecule has 13 amide bonds. The van der Waals surface area contributed by atoms with E-state index in [0.29, 0.717) is 22.9 Å². The highest BCUT2D eigenvalue weighted by molar-refractivity contribution is 7.80. The molecule has 0 unspecified atom stereocenters. The first-order valence-corrected chi connectivity index (χ1v) is 35.2. The van der Waals surface area contributed by atoms with Crippen LogP contribution in [0.1, 0.15) is 117 Å². The number of aliphatic hydroxyl groups is 1. The number of carboxylic acids is 1. The number of H-pyrrole nitrogens is 1. The van der Waals surface area contributed by atoms with E-state index in [9.17, 15) is 82.4 Å². The van der Waals surface area contributed by atoms with Crippen molar-refractivity contribution in [2.24, 2.45) is 62.0 Å². The molecule has 1 saturated heterocycles. The molecule has 0 radical (unpaired) electrons. The molecule has 0 saturated carbocycles. The Kier molecular flexibility index (Phi) is 35.4. The molecule has 584 valence electrons. The van der Waals surface area contributed by atoms with Crippen LogP contribution >= 0.6 is 12.6 Å². The number of aliphatic imine (C=N–C) groups is 2. The Morgan fingerprint density at radius 3 is 1.52 bits per heavy atom. The minimum Gasteiger partial charge on any atom is -0.508 e. The number of aromatic nitrogens is 1. The number of benzene rings is 2. The Balaban J connectivity index is 1.60. The molecule has 1 aromatic heterocycles. The lowest BCUT2D eigenvalue weighted by molar-refractivity contribution is -0.149. The normalized spacial score (nSPS) is 16.0. The number of likely N-dealkylation sites (tertiary alicyclic amines) is 1. The zero-order valence-corrected chi connectivity index (χ0v) is 61.0. The number of thiol groups is 1. The summed E-state index contributed by atoms with van der Waals surface area (Å²) in [6.07, 6.45) is -1.84. The minimum absolute atomic E-state index is 0.00473. The van der Waals surface area contributed by atoms with Crippen molar-refractivity contribution in [1.29, 1.82) is 0 Å². The number of nitrogens with two attached hydrogens (primary N) is 7. The number of fused-ring (bicyclic) bond motifs is 1. The van der Waals surface area contributed by atoms with Gasteiger partial charge in [0.15, 0.2) is 11.9 Å². The fraction of sp³-hybridized carbons (Fsp3) is 0.552. The molecule has 1 aliphatic rings. The van der Waals surface area contributed by atoms with Gasteiger partial charge in [-0.15, -0.1) is 0 Å². The predicted octanol–water partition coefficient (Wildman–Crippen LogP) is -5.81. The van der Waals surface area contributed by atoms with E-state index < -0.39 is 187 Å². The summed E-state index contributed by atoms with van der Waals surface area (Å²) in [5.74, 6) is -16.2. The number of rotatable bonds is 44. The Bertz CT molecular complexity index is 3640. The molecule has 0 spiro atoms. The number of carbonyl (C=O) groups is 14. The summed E-state index contributed by atoms with van der Waals surface area (Å²) in [5.41, 5.74) is 40.8. The number of aromatic amines is 1. The molecule has 2 heterocycles. The van der Waals surface area contributed by atoms with Gasteiger partial charge < -0.3 is 119 Å². The smallest absolute Gasteiger partial charge is 0.326 e. The number of aliphatic hydroxyl groups excluding tert-OH is 1. The zero-order chi connectivity index (χ0) is 79.2. The van der Waals surface area contributed by atoms with Gasteiger partial charge in [-0.25, -0.2) is 4.79 Å². The lowest BCUT2D eigenvalue weighted by Crippen LogP contribution is -2.62. The molecule has 3 aromatic rings. The van der Waals surface area contributed by atoms with Gasteiger partial charge >= 0.3 is 5.97 Å². The number of hydrogen-bond donors (Lipinski definition) is 22. The molecule has 0 bridgehead atoms. The number of phenolic OH excluding ortho intramolecular Hbond substituents is 1. The van der Waals surface area contributed by atoms with Crippen LogP contribution in [0.25, 0.3) is 10.9 Å². The largest absolute Gasteiger partial charge is 0.508 e. The van der Waals surface area contributed by atoms with E-state index in [0.717, 1.165) is 0 Å². The maximum absolute atomic E-state index is 14.6. The van der Waals surface area contributed by atoms with Crippen LogP contribution < -0.4 is 93.3 Å². The third-order valence-corrected chi connectivity index (χ3v) is 17.2. The molecule has 1 aliphatic heterocycles. The van der Waals surface area contributed by atoms with Crippen molar-refractivity contribution in [2.75, 3.05) is 25.4 Å². The second kappa shape index (κ2) is 42.8. The maximum atomic E-state index is 14.6. The van der Waals surface area contributed by atoms with Crippen LogP contribution in [0.5, 0.6) is 5.75 Å². The highest BCUT2D eigenvalue weighted by Crippen LogP contribution is 2.23. The minimum atomic E-state index is -1.94. The molecule has 39 heteroatoms. The van der Waals surface area contributed by atoms with E-state index in [4.69, 9.17) is 40.1 Å². The standard InChI is InChI=1S/C67H103N21O17S/c1-32(2)26-48(64(103)88-24-11-16-49(88)65(104)105)86-56(95)42(15-10-23-76-67(73)74)80-57(96)43(21-25-106)81-63(102)53(33(3)4)87-61(100)47(30-51(69)92)84-59(98)44(27-36-17-19-38(90)20-18-36)82-60(99)46(29-50(68)91)83-55(94)41(14-9-22-75-66(71)72)79-54(93)34(5)78-58(97)45(85-62(101)52(70)35(6)89)28-37-31-77-40-13-8-7-12-39(37)40/h7-8,12-13,17-20,31-35,41-49,52-53,77,89-90,106H,9-11,14-16,21-30,70H2,1-6H3,(H2,68,91)(H2,69,92)(H,78,97)(H,79,93)(H,80,96)(H,81,102)(H,82,99)(H,83,94)(H,84,98)(H,85,101)(H,86,95)(H,87,100)(H,104,105)(H4,71,72,75)(H4,73,74,76)/t34-,35+,41-,42-,43-,44-,45-,46-,47-,48-,49-,52-,53-/m0/s1. The number of para-hydroxylation sites is 1. The van der Waals surface area contributed by atoms with E-state index in [1.165, 1.54) is 56.9 Å². The molecule has 4 rings (SSSR count). The monoisotopic (exact) mass is 1510 g/mol. The number of amides is 13. The molecular weight excluding hydrogens is 1400 g/mol. The van der Waals surface area contributed by atoms with Crippen LogP contribution in [-0.4, -0.2) is 224 Å². The first kappa shape index (κ1) is 87.6. The fourth-order valence-electron chi connectivity index (χ4n) is 11.3. The highest BCUT2D eigenvalue weighted by atomic mass is 32.1. The Morgan fingerprint density at radius 2 is 1.01 bits per heavy atom. The van der Waals surface area contributed by atoms with E-state index in [1.807, 2.05) is 0 Å². The van der Waals surface area contributed by atoms with Crippen molar-refractivity contribution < 1.29 is 82.4 Å². The molecule has 13 atom stereocenters. The van der Waals surface area contributed by atoms with Crippen LogP contribution in [0.15, 0.2) is 64.7 Å². The first-order chi connectivity index (χ1) is 49.9. The number of phenols is 1. The quantitative estimate of drug-likeness (QED) is 0.0109. The fourth-order valence-corrected chi connectivity index (χ4v) is 11.6. The van der Waals surface area contributed by atoms with E-state index in [-0.39, 0.29) is 106 Å². The zero-order valence-electron chi connectivity index (χ0n) is 60.1. The van der Waals surface area contributed by atoms with Gasteiger partial charge in [0.1, 0.15) is 78.3 Å². The second-order valence-corrected chi connectivity index (χ2v) is 27.0. The van der Waals surface area contributed by atoms with Gasteiger partial charge in [-0.3, -0.25) is 72.3 Å². The van der Waals surface area contributed by atoms with Gasteiger partial charge in [-0.2, -0.15) is 12.6 Å². The SMILES string of the molecule is CC(C)C[C@H](NC(=O)[C@H](CCCN=C(N)N)NC(=O)[C@H](CCS)NC(=O)[C@@H](NC(=O)[C@H](CC(N)=O)NC(=O)[C@H](Cc1ccc(O)cc1)NC(=O)[C@H](CC(N)=O)NC(=O)[C@H](CCCN=C(N)N)NC(=O)[C@H](C)NC(=O)[C@H](Cc1c[nH]c2ccccc12)NC(=O)[C@@H](N)[C@@H](C)O)C(C)C)C(=O)N1CCC[C@H]1C(=O)O. The molecule has 1 fully saturated rings. The molecule has 2 aromatic carbocycles. The Hall–Kier alpha value is -10.8. The highest BCUT2D eigenvalue weighted by Gasteiger charge is 2.41. The number of nitrogens with zero attached hydrogens (tertiary/aromatic N) is 3. The van der Waals surface area contributed by atoms with Crippen LogP contribution in [-0.2, 0) is 80.0 Å². The van der Waals surface area contributed by atoms with E-state index >= 15 is 0 Å². The number of nitrogens with one attached hydrogen (secondary N) is 11. The van der Waals surface area contributed by atoms with Crippen LogP contribution in [0, 0.1) is 11.8 Å². The average molecular weight is 1510 g/mol. The predicted molar refractivity (Wildman–Crippen MR) is 391 cm³/mol. The van der Waals surface area contributed by atoms with Crippen molar-refractivity contribution in [3.05, 3.63) is 65.9 Å². The van der Waals surface area contributed by atoms with Gasteiger partial charge in [0.25, 0.3) is 0 Å². The Labute approximate surface area is 617 Å². The van der Waals surface area contributed by atoms with Gasteiger partial charge in [-0.1, -0.05) is 58.0 Å². The number of primary amides is 2. The van der Waals surface area contributed by atoms with E-state index in [1.54, 1.807) is 44.3 Å². The summed E-state index contributed by atoms with van der Waals surface area (Å²) < 4.78 is 0. The third-order valence-electron chi connectivity index (χ3n) is 17.0. The van der Waals surface area contributed by atoms with Crippen molar-refractivity contribution in [1.82, 2.24) is 63.1 Å². The summed E-state index contributed by atoms with van der Waals surface area (Å²) in [4.78, 5) is 206. The van der Waals surface area contributed by atoms with Crippen LogP contribution in [0.2, 0.25) is 0 Å². The molecular formula is C67H103N21O17S. The summed E-state index contributed by atoms with van der Waals surface area (Å²) in [6, 6.07) is -5.96. The topological polar surface area (TPSA) is 646 Å². The molecule has 106 heavy (non-hydrogen) atoms. The second-order valence-electron chi connectivity index (χ2n) is 26.6. The van der Waals surface area contributed by atoms with Crippen molar-refractivity contribution in [2.45, 2.75) is 197 Å². The molecule has 38 nitrogen and oxygen atoms in total. The lowest BCUT2D eigenvalue weighted by Gasteiger charge is -2.30. The molecule has 0 aliphatic carbocycles. The third kappa shape index (κ3) is 28.7. The number of aliphatic carboxylic acids is 1. The van der Waals surface area contributed by atoms with Crippen LogP contribution in [0.4, 0.5) is 0 Å². The van der Waals surface area contributed by atoms with Crippen molar-refractivity contribution in [3.8, 4) is 5.75 Å². The summed E-state index contributed by atoms with van der Waals surface area (Å²) in [6.45, 7) is 9.20. The van der Waals surface area contributed by atoms with Gasteiger partial charge in [0.2, 0.25) is 76.8 Å².